The zero-order valence-corrected chi connectivity index (χ0v) is 14.6. The SMILES string of the molecule is CS(=O)(=O)NC[C@@H]1CCCN(C(=O)c2cccc3ccccc23)C1. The average molecular weight is 346 g/mol. The van der Waals surface area contributed by atoms with Gasteiger partial charge in [0.15, 0.2) is 0 Å². The van der Waals surface area contributed by atoms with E-state index in [1.807, 2.05) is 47.4 Å². The van der Waals surface area contributed by atoms with E-state index in [1.54, 1.807) is 0 Å². The van der Waals surface area contributed by atoms with Crippen molar-refractivity contribution in [3.05, 3.63) is 48.0 Å². The van der Waals surface area contributed by atoms with Crippen LogP contribution in [0.5, 0.6) is 0 Å². The maximum Gasteiger partial charge on any atom is 0.254 e. The van der Waals surface area contributed by atoms with E-state index in [2.05, 4.69) is 4.72 Å². The summed E-state index contributed by atoms with van der Waals surface area (Å²) in [5, 5.41) is 2.01. The number of nitrogens with one attached hydrogen (secondary N) is 1. The van der Waals surface area contributed by atoms with E-state index in [9.17, 15) is 13.2 Å². The van der Waals surface area contributed by atoms with Crippen molar-refractivity contribution in [3.63, 3.8) is 0 Å². The molecule has 0 aliphatic carbocycles. The molecule has 1 saturated heterocycles. The fraction of sp³-hybridized carbons (Fsp3) is 0.389. The number of rotatable bonds is 4. The van der Waals surface area contributed by atoms with Gasteiger partial charge >= 0.3 is 0 Å². The first-order valence-electron chi connectivity index (χ1n) is 8.16. The van der Waals surface area contributed by atoms with Crippen LogP contribution in [-0.4, -0.2) is 45.1 Å². The lowest BCUT2D eigenvalue weighted by Gasteiger charge is -2.33. The Morgan fingerprint density at radius 1 is 1.21 bits per heavy atom. The molecule has 1 atom stereocenters. The van der Waals surface area contributed by atoms with Crippen molar-refractivity contribution >= 4 is 26.7 Å². The number of piperidine rings is 1. The Bertz CT molecular complexity index is 843. The van der Waals surface area contributed by atoms with Gasteiger partial charge in [-0.2, -0.15) is 0 Å². The molecule has 1 N–H and O–H groups in total. The smallest absolute Gasteiger partial charge is 0.254 e. The zero-order chi connectivity index (χ0) is 17.2. The third kappa shape index (κ3) is 3.94. The largest absolute Gasteiger partial charge is 0.338 e. The highest BCUT2D eigenvalue weighted by molar-refractivity contribution is 7.88. The molecule has 24 heavy (non-hydrogen) atoms. The highest BCUT2D eigenvalue weighted by atomic mass is 32.2. The number of sulfonamides is 1. The second kappa shape index (κ2) is 6.91. The van der Waals surface area contributed by atoms with Gasteiger partial charge in [-0.15, -0.1) is 0 Å². The molecule has 2 aromatic rings. The van der Waals surface area contributed by atoms with Gasteiger partial charge in [-0.1, -0.05) is 36.4 Å². The van der Waals surface area contributed by atoms with Crippen LogP contribution in [0.15, 0.2) is 42.5 Å². The minimum absolute atomic E-state index is 0.0239. The standard InChI is InChI=1S/C18H22N2O3S/c1-24(22,23)19-12-14-6-5-11-20(13-14)18(21)17-10-4-8-15-7-2-3-9-16(15)17/h2-4,7-10,14,19H,5-6,11-13H2,1H3/t14-/m0/s1. The summed E-state index contributed by atoms with van der Waals surface area (Å²) in [6.45, 7) is 1.69. The number of nitrogens with zero attached hydrogens (tertiary/aromatic N) is 1. The number of hydrogen-bond acceptors (Lipinski definition) is 3. The van der Waals surface area contributed by atoms with Crippen molar-refractivity contribution in [1.82, 2.24) is 9.62 Å². The molecule has 1 aliphatic rings. The lowest BCUT2D eigenvalue weighted by molar-refractivity contribution is 0.0678. The van der Waals surface area contributed by atoms with Crippen LogP contribution in [-0.2, 0) is 10.0 Å². The van der Waals surface area contributed by atoms with Crippen molar-refractivity contribution in [2.45, 2.75) is 12.8 Å². The molecule has 6 heteroatoms. The first kappa shape index (κ1) is 16.9. The molecule has 0 unspecified atom stereocenters. The first-order valence-corrected chi connectivity index (χ1v) is 10.0. The number of hydrogen-bond donors (Lipinski definition) is 1. The number of amides is 1. The van der Waals surface area contributed by atoms with Crippen molar-refractivity contribution < 1.29 is 13.2 Å². The van der Waals surface area contributed by atoms with Crippen LogP contribution in [0.4, 0.5) is 0 Å². The van der Waals surface area contributed by atoms with E-state index in [-0.39, 0.29) is 11.8 Å². The minimum atomic E-state index is -3.20. The molecule has 0 spiro atoms. The maximum atomic E-state index is 12.9. The van der Waals surface area contributed by atoms with Crippen LogP contribution in [0.25, 0.3) is 10.8 Å². The molecule has 1 heterocycles. The maximum absolute atomic E-state index is 12.9. The number of likely N-dealkylation sites (tertiary alicyclic amines) is 1. The van der Waals surface area contributed by atoms with E-state index in [4.69, 9.17) is 0 Å². The van der Waals surface area contributed by atoms with Gasteiger partial charge in [0.25, 0.3) is 5.91 Å². The highest BCUT2D eigenvalue weighted by Gasteiger charge is 2.25. The number of fused-ring (bicyclic) bond motifs is 1. The molecule has 1 aliphatic heterocycles. The van der Waals surface area contributed by atoms with Crippen LogP contribution in [0, 0.1) is 5.92 Å². The summed E-state index contributed by atoms with van der Waals surface area (Å²) in [4.78, 5) is 14.8. The number of benzene rings is 2. The molecule has 5 nitrogen and oxygen atoms in total. The summed E-state index contributed by atoms with van der Waals surface area (Å²) in [5.41, 5.74) is 0.713. The van der Waals surface area contributed by atoms with E-state index >= 15 is 0 Å². The van der Waals surface area contributed by atoms with Crippen LogP contribution in [0.3, 0.4) is 0 Å². The molecule has 1 fully saturated rings. The van der Waals surface area contributed by atoms with E-state index < -0.39 is 10.0 Å². The molecule has 0 saturated carbocycles. The predicted octanol–water partition coefficient (Wildman–Crippen LogP) is 2.24. The molecule has 1 amide bonds. The van der Waals surface area contributed by atoms with Crippen molar-refractivity contribution in [3.8, 4) is 0 Å². The Labute approximate surface area is 142 Å². The summed E-state index contributed by atoms with van der Waals surface area (Å²) < 4.78 is 25.1. The van der Waals surface area contributed by atoms with Crippen molar-refractivity contribution in [2.24, 2.45) is 5.92 Å². The van der Waals surface area contributed by atoms with Crippen molar-refractivity contribution in [2.75, 3.05) is 25.9 Å². The Balaban J connectivity index is 1.76. The van der Waals surface area contributed by atoms with Gasteiger partial charge in [0, 0.05) is 25.2 Å². The quantitative estimate of drug-likeness (QED) is 0.923. The molecular weight excluding hydrogens is 324 g/mol. The topological polar surface area (TPSA) is 66.5 Å². The third-order valence-corrected chi connectivity index (χ3v) is 5.15. The lowest BCUT2D eigenvalue weighted by atomic mass is 9.96. The summed E-state index contributed by atoms with van der Waals surface area (Å²) in [5.74, 6) is 0.184. The zero-order valence-electron chi connectivity index (χ0n) is 13.7. The van der Waals surface area contributed by atoms with Gasteiger partial charge in [-0.3, -0.25) is 4.79 Å². The Hall–Kier alpha value is -1.92. The van der Waals surface area contributed by atoms with Gasteiger partial charge in [-0.25, -0.2) is 13.1 Å². The summed E-state index contributed by atoms with van der Waals surface area (Å²) in [6.07, 6.45) is 2.99. The molecule has 2 aromatic carbocycles. The second-order valence-electron chi connectivity index (χ2n) is 6.41. The van der Waals surface area contributed by atoms with Crippen molar-refractivity contribution in [1.29, 1.82) is 0 Å². The van der Waals surface area contributed by atoms with Gasteiger partial charge in [0.05, 0.1) is 6.26 Å². The number of carbonyl (C=O) groups excluding carboxylic acids is 1. The fourth-order valence-corrected chi connectivity index (χ4v) is 3.81. The Morgan fingerprint density at radius 3 is 2.75 bits per heavy atom. The van der Waals surface area contributed by atoms with Gasteiger partial charge < -0.3 is 4.90 Å². The Kier molecular flexibility index (Phi) is 4.87. The lowest BCUT2D eigenvalue weighted by Crippen LogP contribution is -2.43. The third-order valence-electron chi connectivity index (χ3n) is 4.46. The first-order chi connectivity index (χ1) is 11.4. The van der Waals surface area contributed by atoms with Crippen LogP contribution in [0.1, 0.15) is 23.2 Å². The molecule has 0 aromatic heterocycles. The minimum Gasteiger partial charge on any atom is -0.338 e. The highest BCUT2D eigenvalue weighted by Crippen LogP contribution is 2.23. The molecule has 128 valence electrons. The molecular formula is C18H22N2O3S. The fourth-order valence-electron chi connectivity index (χ4n) is 3.27. The molecule has 3 rings (SSSR count). The Morgan fingerprint density at radius 2 is 1.96 bits per heavy atom. The predicted molar refractivity (Wildman–Crippen MR) is 95.4 cm³/mol. The van der Waals surface area contributed by atoms with Crippen LogP contribution in [0.2, 0.25) is 0 Å². The van der Waals surface area contributed by atoms with E-state index in [0.29, 0.717) is 18.7 Å². The summed E-state index contributed by atoms with van der Waals surface area (Å²) >= 11 is 0. The molecule has 0 radical (unpaired) electrons. The summed E-state index contributed by atoms with van der Waals surface area (Å²) in [6, 6.07) is 13.6. The van der Waals surface area contributed by atoms with Gasteiger partial charge in [0.2, 0.25) is 10.0 Å². The normalized spacial score (nSPS) is 18.7. The monoisotopic (exact) mass is 346 g/mol. The van der Waals surface area contributed by atoms with E-state index in [0.717, 1.165) is 36.4 Å². The van der Waals surface area contributed by atoms with E-state index in [1.165, 1.54) is 0 Å². The van der Waals surface area contributed by atoms with Gasteiger partial charge in [0.1, 0.15) is 0 Å². The second-order valence-corrected chi connectivity index (χ2v) is 8.24. The van der Waals surface area contributed by atoms with Crippen LogP contribution < -0.4 is 4.72 Å². The van der Waals surface area contributed by atoms with Crippen LogP contribution >= 0.6 is 0 Å². The van der Waals surface area contributed by atoms with Gasteiger partial charge in [-0.05, 0) is 35.6 Å². The average Bonchev–Trinajstić information content (AvgIpc) is 2.58. The number of carbonyl (C=O) groups is 1. The summed E-state index contributed by atoms with van der Waals surface area (Å²) in [7, 11) is -3.20. The molecule has 0 bridgehead atoms.